The van der Waals surface area contributed by atoms with Crippen LogP contribution in [0, 0.1) is 22.5 Å². The fourth-order valence-corrected chi connectivity index (χ4v) is 2.98. The van der Waals surface area contributed by atoms with E-state index < -0.39 is 28.5 Å². The second-order valence-electron chi connectivity index (χ2n) is 5.72. The van der Waals surface area contributed by atoms with Crippen molar-refractivity contribution in [1.29, 1.82) is 0 Å². The lowest BCUT2D eigenvalue weighted by atomic mass is 9.79. The first-order valence-electron chi connectivity index (χ1n) is 7.68. The highest BCUT2D eigenvalue weighted by Crippen LogP contribution is 2.43. The third-order valence-corrected chi connectivity index (χ3v) is 4.02. The molecule has 27 heavy (non-hydrogen) atoms. The molecule has 9 nitrogen and oxygen atoms in total. The van der Waals surface area contributed by atoms with Crippen LogP contribution < -0.4 is 5.32 Å². The number of phenolic OH excluding ortho intramolecular Hbond substituents is 1. The zero-order valence-corrected chi connectivity index (χ0v) is 14.5. The molecule has 0 radical (unpaired) electrons. The van der Waals surface area contributed by atoms with Gasteiger partial charge in [0, 0.05) is 23.0 Å². The van der Waals surface area contributed by atoms with Crippen LogP contribution in [0.5, 0.6) is 5.75 Å². The van der Waals surface area contributed by atoms with E-state index in [1.54, 1.807) is 0 Å². The highest BCUT2D eigenvalue weighted by molar-refractivity contribution is 5.99. The number of benzene rings is 1. The molecule has 140 valence electrons. The van der Waals surface area contributed by atoms with E-state index in [9.17, 15) is 29.9 Å². The fourth-order valence-electron chi connectivity index (χ4n) is 2.98. The summed E-state index contributed by atoms with van der Waals surface area (Å²) < 4.78 is 4.93. The summed E-state index contributed by atoms with van der Waals surface area (Å²) in [7, 11) is 0. The van der Waals surface area contributed by atoms with Gasteiger partial charge in [-0.05, 0) is 26.0 Å². The molecule has 9 heteroatoms. The lowest BCUT2D eigenvalue weighted by Crippen LogP contribution is -2.32. The average Bonchev–Trinajstić information content (AvgIpc) is 2.58. The van der Waals surface area contributed by atoms with Crippen molar-refractivity contribution in [3.05, 3.63) is 56.4 Å². The molecule has 1 heterocycles. The number of ether oxygens (including phenoxy) is 1. The maximum Gasteiger partial charge on any atom is 0.337 e. The summed E-state index contributed by atoms with van der Waals surface area (Å²) in [6.45, 7) is 2.63. The second kappa shape index (κ2) is 7.61. The largest absolute Gasteiger partial charge is 0.508 e. The van der Waals surface area contributed by atoms with Gasteiger partial charge in [-0.25, -0.2) is 9.59 Å². The summed E-state index contributed by atoms with van der Waals surface area (Å²) in [6.07, 6.45) is 5.08. The van der Waals surface area contributed by atoms with Crippen LogP contribution in [0.3, 0.4) is 0 Å². The number of aromatic hydroxyl groups is 1. The number of nitrogens with zero attached hydrogens (tertiary/aromatic N) is 1. The standard InChI is InChI=1S/C18H16N2O7/c1-4-7-27-18(24)15-10(3)19-9(2)14(17(22)23)16(15)12-8-11(21)5-6-13(12)20(25)26/h1,5-6,8,16,19,21H,7H2,2-3H3,(H,22,23). The van der Waals surface area contributed by atoms with Crippen LogP contribution in [-0.2, 0) is 14.3 Å². The molecular weight excluding hydrogens is 356 g/mol. The van der Waals surface area contributed by atoms with Crippen LogP contribution in [0.25, 0.3) is 0 Å². The summed E-state index contributed by atoms with van der Waals surface area (Å²) in [5, 5.41) is 33.7. The topological polar surface area (TPSA) is 139 Å². The number of phenols is 1. The van der Waals surface area contributed by atoms with Crippen molar-refractivity contribution in [1.82, 2.24) is 5.32 Å². The number of carboxylic acid groups (broad SMARTS) is 1. The van der Waals surface area contributed by atoms with E-state index in [4.69, 9.17) is 11.2 Å². The Labute approximate surface area is 154 Å². The highest BCUT2D eigenvalue weighted by atomic mass is 16.6. The molecule has 0 saturated heterocycles. The van der Waals surface area contributed by atoms with Crippen LogP contribution >= 0.6 is 0 Å². The SMILES string of the molecule is C#CCOC(=O)C1=C(C)NC(C)=C(C(=O)O)C1c1cc(O)ccc1[N+](=O)[O-]. The molecule has 0 saturated carbocycles. The van der Waals surface area contributed by atoms with Gasteiger partial charge in [-0.2, -0.15) is 0 Å². The molecule has 0 aromatic heterocycles. The number of carbonyl (C=O) groups is 2. The van der Waals surface area contributed by atoms with Gasteiger partial charge in [0.25, 0.3) is 5.69 Å². The Kier molecular flexibility index (Phi) is 5.51. The van der Waals surface area contributed by atoms with Gasteiger partial charge in [0.05, 0.1) is 22.0 Å². The number of dihydropyridines is 1. The number of rotatable bonds is 5. The number of carboxylic acids is 1. The molecule has 3 N–H and O–H groups in total. The van der Waals surface area contributed by atoms with Crippen molar-refractivity contribution in [2.45, 2.75) is 19.8 Å². The highest BCUT2D eigenvalue weighted by Gasteiger charge is 2.40. The smallest absolute Gasteiger partial charge is 0.337 e. The lowest BCUT2D eigenvalue weighted by Gasteiger charge is -2.29. The molecule has 1 aromatic carbocycles. The van der Waals surface area contributed by atoms with Gasteiger partial charge >= 0.3 is 11.9 Å². The minimum Gasteiger partial charge on any atom is -0.508 e. The zero-order chi connectivity index (χ0) is 20.3. The van der Waals surface area contributed by atoms with Crippen molar-refractivity contribution in [2.75, 3.05) is 6.61 Å². The van der Waals surface area contributed by atoms with Crippen LogP contribution in [0.15, 0.2) is 40.7 Å². The summed E-state index contributed by atoms with van der Waals surface area (Å²) >= 11 is 0. The molecule has 1 aliphatic heterocycles. The number of aliphatic carboxylic acids is 1. The summed E-state index contributed by atoms with van der Waals surface area (Å²) in [5.74, 6) is -1.81. The minimum atomic E-state index is -1.38. The Balaban J connectivity index is 2.79. The Bertz CT molecular complexity index is 938. The number of esters is 1. The summed E-state index contributed by atoms with van der Waals surface area (Å²) in [4.78, 5) is 35.1. The van der Waals surface area contributed by atoms with Crippen LogP contribution in [0.4, 0.5) is 5.69 Å². The monoisotopic (exact) mass is 372 g/mol. The third-order valence-electron chi connectivity index (χ3n) is 4.02. The third kappa shape index (κ3) is 3.74. The van der Waals surface area contributed by atoms with Crippen LogP contribution in [0.2, 0.25) is 0 Å². The number of nitro benzene ring substituents is 1. The molecule has 1 aromatic rings. The van der Waals surface area contributed by atoms with E-state index in [0.717, 1.165) is 18.2 Å². The van der Waals surface area contributed by atoms with Crippen molar-refractivity contribution in [3.63, 3.8) is 0 Å². The van der Waals surface area contributed by atoms with Crippen molar-refractivity contribution >= 4 is 17.6 Å². The van der Waals surface area contributed by atoms with Gasteiger partial charge in [0.1, 0.15) is 5.75 Å². The van der Waals surface area contributed by atoms with E-state index >= 15 is 0 Å². The number of terminal acetylenes is 1. The summed E-state index contributed by atoms with van der Waals surface area (Å²) in [5.41, 5.74) is -0.534. The van der Waals surface area contributed by atoms with E-state index in [1.807, 2.05) is 0 Å². The van der Waals surface area contributed by atoms with E-state index in [-0.39, 0.29) is 40.5 Å². The Morgan fingerprint density at radius 1 is 1.33 bits per heavy atom. The molecule has 0 fully saturated rings. The van der Waals surface area contributed by atoms with E-state index in [0.29, 0.717) is 0 Å². The molecule has 0 bridgehead atoms. The number of nitrogens with one attached hydrogen (secondary N) is 1. The Morgan fingerprint density at radius 3 is 2.52 bits per heavy atom. The first kappa shape index (κ1) is 19.5. The Hall–Kier alpha value is -3.80. The molecule has 2 rings (SSSR count). The number of hydrogen-bond acceptors (Lipinski definition) is 7. The number of allylic oxidation sites excluding steroid dienone is 2. The van der Waals surface area contributed by atoms with Gasteiger partial charge in [0.2, 0.25) is 0 Å². The van der Waals surface area contributed by atoms with Crippen molar-refractivity contribution in [2.24, 2.45) is 0 Å². The average molecular weight is 372 g/mol. The normalized spacial score (nSPS) is 16.4. The van der Waals surface area contributed by atoms with Gasteiger partial charge in [-0.1, -0.05) is 5.92 Å². The number of hydrogen-bond donors (Lipinski definition) is 3. The number of carbonyl (C=O) groups excluding carboxylic acids is 1. The van der Waals surface area contributed by atoms with Crippen molar-refractivity contribution in [3.8, 4) is 18.1 Å². The second-order valence-corrected chi connectivity index (χ2v) is 5.72. The fraction of sp³-hybridized carbons (Fsp3) is 0.222. The molecule has 0 aliphatic carbocycles. The maximum atomic E-state index is 12.5. The zero-order valence-electron chi connectivity index (χ0n) is 14.5. The lowest BCUT2D eigenvalue weighted by molar-refractivity contribution is -0.385. The minimum absolute atomic E-state index is 0.137. The van der Waals surface area contributed by atoms with Gasteiger partial charge in [0.15, 0.2) is 6.61 Å². The van der Waals surface area contributed by atoms with Crippen LogP contribution in [0.1, 0.15) is 25.3 Å². The molecule has 1 atom stereocenters. The number of nitro groups is 1. The maximum absolute atomic E-state index is 12.5. The van der Waals surface area contributed by atoms with Crippen LogP contribution in [-0.4, -0.2) is 33.7 Å². The molecule has 0 spiro atoms. The van der Waals surface area contributed by atoms with Gasteiger partial charge < -0.3 is 20.3 Å². The molecular formula is C18H16N2O7. The van der Waals surface area contributed by atoms with Gasteiger partial charge in [-0.15, -0.1) is 6.42 Å². The molecule has 1 aliphatic rings. The van der Waals surface area contributed by atoms with E-state index in [2.05, 4.69) is 11.2 Å². The Morgan fingerprint density at radius 2 is 1.96 bits per heavy atom. The molecule has 0 amide bonds. The first-order chi connectivity index (χ1) is 12.7. The first-order valence-corrected chi connectivity index (χ1v) is 7.68. The van der Waals surface area contributed by atoms with Gasteiger partial charge in [-0.3, -0.25) is 10.1 Å². The predicted octanol–water partition coefficient (Wildman–Crippen LogP) is 1.80. The molecule has 1 unspecified atom stereocenters. The predicted molar refractivity (Wildman–Crippen MR) is 93.5 cm³/mol. The quantitative estimate of drug-likeness (QED) is 0.308. The van der Waals surface area contributed by atoms with Crippen molar-refractivity contribution < 1.29 is 29.5 Å². The van der Waals surface area contributed by atoms with E-state index in [1.165, 1.54) is 13.8 Å². The summed E-state index contributed by atoms with van der Waals surface area (Å²) in [6, 6.07) is 3.21.